The fourth-order valence-electron chi connectivity index (χ4n) is 2.89. The van der Waals surface area contributed by atoms with Crippen LogP contribution in [-0.4, -0.2) is 5.78 Å². The molecule has 0 amide bonds. The molecule has 0 bridgehead atoms. The topological polar surface area (TPSA) is 17.1 Å². The van der Waals surface area contributed by atoms with Gasteiger partial charge in [0.25, 0.3) is 0 Å². The van der Waals surface area contributed by atoms with Crippen molar-refractivity contribution in [2.45, 2.75) is 43.9 Å². The minimum atomic E-state index is -0.238. The molecule has 2 rings (SSSR count). The predicted molar refractivity (Wildman–Crippen MR) is 69.7 cm³/mol. The van der Waals surface area contributed by atoms with Crippen molar-refractivity contribution in [1.82, 2.24) is 0 Å². The molecule has 1 nitrogen and oxygen atoms in total. The van der Waals surface area contributed by atoms with Gasteiger partial charge in [-0.2, -0.15) is 0 Å². The van der Waals surface area contributed by atoms with E-state index in [1.165, 1.54) is 5.56 Å². The summed E-state index contributed by atoms with van der Waals surface area (Å²) in [6.07, 6.45) is 10.6. The highest BCUT2D eigenvalue weighted by Crippen LogP contribution is 2.42. The molecule has 1 heteroatoms. The summed E-state index contributed by atoms with van der Waals surface area (Å²) in [5.41, 5.74) is 0.942. The molecule has 1 aromatic rings. The average Bonchev–Trinajstić information content (AvgIpc) is 2.87. The Hall–Kier alpha value is -1.55. The van der Waals surface area contributed by atoms with Gasteiger partial charge in [-0.25, -0.2) is 0 Å². The maximum absolute atomic E-state index is 12.4. The number of carbonyl (C=O) groups excluding carboxylic acids is 1. The number of ketones is 1. The molecule has 0 atom stereocenters. The summed E-state index contributed by atoms with van der Waals surface area (Å²) in [7, 11) is 0. The second kappa shape index (κ2) is 5.19. The third kappa shape index (κ3) is 2.26. The Morgan fingerprint density at radius 3 is 2.47 bits per heavy atom. The molecule has 0 aromatic heterocycles. The van der Waals surface area contributed by atoms with Crippen LogP contribution in [0, 0.1) is 12.3 Å². The smallest absolute Gasteiger partial charge is 0.144 e. The molecule has 1 fully saturated rings. The molecule has 0 N–H and O–H groups in total. The number of hydrogen-bond acceptors (Lipinski definition) is 1. The van der Waals surface area contributed by atoms with E-state index in [4.69, 9.17) is 6.42 Å². The summed E-state index contributed by atoms with van der Waals surface area (Å²) in [5, 5.41) is 0. The molecule has 88 valence electrons. The van der Waals surface area contributed by atoms with Gasteiger partial charge in [-0.05, 0) is 18.4 Å². The average molecular weight is 226 g/mol. The fourth-order valence-corrected chi connectivity index (χ4v) is 2.89. The number of Topliss-reactive ketones (excluding diaryl/α,β-unsaturated/α-hetero) is 1. The first-order chi connectivity index (χ1) is 8.29. The Morgan fingerprint density at radius 2 is 1.88 bits per heavy atom. The zero-order valence-corrected chi connectivity index (χ0v) is 10.1. The minimum absolute atomic E-state index is 0.238. The van der Waals surface area contributed by atoms with Gasteiger partial charge in [0.05, 0.1) is 5.41 Å². The van der Waals surface area contributed by atoms with Gasteiger partial charge >= 0.3 is 0 Å². The monoisotopic (exact) mass is 226 g/mol. The van der Waals surface area contributed by atoms with Crippen molar-refractivity contribution in [3.63, 3.8) is 0 Å². The van der Waals surface area contributed by atoms with Crippen LogP contribution < -0.4 is 0 Å². The van der Waals surface area contributed by atoms with Gasteiger partial charge in [-0.1, -0.05) is 43.2 Å². The molecule has 1 aliphatic rings. The summed E-state index contributed by atoms with van der Waals surface area (Å²) in [4.78, 5) is 12.4. The van der Waals surface area contributed by atoms with Crippen LogP contribution in [0.5, 0.6) is 0 Å². The van der Waals surface area contributed by atoms with E-state index in [0.29, 0.717) is 18.6 Å². The second-order valence-corrected chi connectivity index (χ2v) is 4.78. The van der Waals surface area contributed by atoms with Crippen molar-refractivity contribution in [1.29, 1.82) is 0 Å². The van der Waals surface area contributed by atoms with Crippen molar-refractivity contribution >= 4 is 5.78 Å². The molecule has 0 aliphatic heterocycles. The number of rotatable bonds is 4. The lowest BCUT2D eigenvalue weighted by Crippen LogP contribution is -2.32. The van der Waals surface area contributed by atoms with Gasteiger partial charge in [-0.15, -0.1) is 12.3 Å². The minimum Gasteiger partial charge on any atom is -0.299 e. The maximum Gasteiger partial charge on any atom is 0.144 e. The largest absolute Gasteiger partial charge is 0.299 e. The highest BCUT2D eigenvalue weighted by atomic mass is 16.1. The van der Waals surface area contributed by atoms with Crippen LogP contribution in [0.4, 0.5) is 0 Å². The van der Waals surface area contributed by atoms with Crippen LogP contribution in [0.25, 0.3) is 0 Å². The van der Waals surface area contributed by atoms with Crippen LogP contribution in [0.15, 0.2) is 30.3 Å². The Bertz CT molecular complexity index is 419. The van der Waals surface area contributed by atoms with Gasteiger partial charge in [-0.3, -0.25) is 4.79 Å². The van der Waals surface area contributed by atoms with Crippen molar-refractivity contribution in [2.24, 2.45) is 0 Å². The van der Waals surface area contributed by atoms with E-state index >= 15 is 0 Å². The van der Waals surface area contributed by atoms with Crippen molar-refractivity contribution in [3.05, 3.63) is 35.9 Å². The van der Waals surface area contributed by atoms with Gasteiger partial charge in [0.1, 0.15) is 5.78 Å². The summed E-state index contributed by atoms with van der Waals surface area (Å²) >= 11 is 0. The molecular formula is C16H18O. The molecule has 1 saturated carbocycles. The Morgan fingerprint density at radius 1 is 1.24 bits per heavy atom. The molecule has 1 aromatic carbocycles. The molecule has 0 radical (unpaired) electrons. The molecule has 0 saturated heterocycles. The van der Waals surface area contributed by atoms with E-state index in [9.17, 15) is 4.79 Å². The highest BCUT2D eigenvalue weighted by molar-refractivity contribution is 5.90. The third-order valence-electron chi connectivity index (χ3n) is 3.81. The first kappa shape index (κ1) is 11.9. The summed E-state index contributed by atoms with van der Waals surface area (Å²) in [6.45, 7) is 0. The van der Waals surface area contributed by atoms with Crippen LogP contribution in [-0.2, 0) is 10.2 Å². The molecule has 0 unspecified atom stereocenters. The lowest BCUT2D eigenvalue weighted by Gasteiger charge is -2.27. The zero-order valence-electron chi connectivity index (χ0n) is 10.1. The SMILES string of the molecule is C#CCCC(=O)C1(c2ccccc2)CCCC1. The number of benzene rings is 1. The van der Waals surface area contributed by atoms with Gasteiger partial charge in [0, 0.05) is 12.8 Å². The van der Waals surface area contributed by atoms with E-state index < -0.39 is 0 Å². The molecule has 17 heavy (non-hydrogen) atoms. The van der Waals surface area contributed by atoms with Crippen molar-refractivity contribution in [3.8, 4) is 12.3 Å². The summed E-state index contributed by atoms with van der Waals surface area (Å²) in [5.74, 6) is 2.90. The Kier molecular flexibility index (Phi) is 3.64. The normalized spacial score (nSPS) is 17.6. The molecular weight excluding hydrogens is 208 g/mol. The highest BCUT2D eigenvalue weighted by Gasteiger charge is 2.41. The standard InChI is InChI=1S/C16H18O/c1-2-3-11-15(17)16(12-7-8-13-16)14-9-5-4-6-10-14/h1,4-6,9-10H,3,7-8,11-13H2. The zero-order chi connectivity index (χ0) is 12.1. The maximum atomic E-state index is 12.4. The van der Waals surface area contributed by atoms with Crippen LogP contribution in [0.1, 0.15) is 44.1 Å². The first-order valence-corrected chi connectivity index (χ1v) is 6.32. The van der Waals surface area contributed by atoms with Crippen LogP contribution in [0.3, 0.4) is 0 Å². The van der Waals surface area contributed by atoms with Gasteiger partial charge < -0.3 is 0 Å². The van der Waals surface area contributed by atoms with E-state index in [-0.39, 0.29) is 5.41 Å². The Labute approximate surface area is 103 Å². The first-order valence-electron chi connectivity index (χ1n) is 6.32. The quantitative estimate of drug-likeness (QED) is 0.718. The van der Waals surface area contributed by atoms with Gasteiger partial charge in [0.2, 0.25) is 0 Å². The Balaban J connectivity index is 2.27. The second-order valence-electron chi connectivity index (χ2n) is 4.78. The van der Waals surface area contributed by atoms with Crippen molar-refractivity contribution in [2.75, 3.05) is 0 Å². The number of hydrogen-bond donors (Lipinski definition) is 0. The third-order valence-corrected chi connectivity index (χ3v) is 3.81. The molecule has 0 spiro atoms. The van der Waals surface area contributed by atoms with Crippen LogP contribution in [0.2, 0.25) is 0 Å². The molecule has 0 heterocycles. The lowest BCUT2D eigenvalue weighted by molar-refractivity contribution is -0.124. The van der Waals surface area contributed by atoms with Gasteiger partial charge in [0.15, 0.2) is 0 Å². The predicted octanol–water partition coefficient (Wildman–Crippen LogP) is 3.48. The van der Waals surface area contributed by atoms with E-state index in [2.05, 4.69) is 18.1 Å². The number of terminal acetylenes is 1. The fraction of sp³-hybridized carbons (Fsp3) is 0.438. The summed E-state index contributed by atoms with van der Waals surface area (Å²) < 4.78 is 0. The van der Waals surface area contributed by atoms with Crippen LogP contribution >= 0.6 is 0 Å². The van der Waals surface area contributed by atoms with Crippen molar-refractivity contribution < 1.29 is 4.79 Å². The summed E-state index contributed by atoms with van der Waals surface area (Å²) in [6, 6.07) is 10.2. The van der Waals surface area contributed by atoms with E-state index in [1.54, 1.807) is 0 Å². The molecule has 1 aliphatic carbocycles. The van der Waals surface area contributed by atoms with E-state index in [1.807, 2.05) is 18.2 Å². The lowest BCUT2D eigenvalue weighted by atomic mass is 9.74. The number of carbonyl (C=O) groups is 1. The van der Waals surface area contributed by atoms with E-state index in [0.717, 1.165) is 25.7 Å².